The zero-order valence-corrected chi connectivity index (χ0v) is 19.1. The van der Waals surface area contributed by atoms with Crippen molar-refractivity contribution < 1.29 is 24.8 Å². The number of aliphatic hydroxyl groups excluding tert-OH is 3. The molecule has 174 valence electrons. The number of benzene rings is 3. The van der Waals surface area contributed by atoms with Crippen molar-refractivity contribution in [2.24, 2.45) is 5.92 Å². The van der Waals surface area contributed by atoms with Crippen LogP contribution in [0.3, 0.4) is 0 Å². The summed E-state index contributed by atoms with van der Waals surface area (Å²) in [5.41, 5.74) is 5.47. The number of hydrogen-bond donors (Lipinski definition) is 3. The van der Waals surface area contributed by atoms with Crippen molar-refractivity contribution in [2.75, 3.05) is 26.4 Å². The third-order valence-electron chi connectivity index (χ3n) is 5.37. The van der Waals surface area contributed by atoms with Crippen LogP contribution in [-0.4, -0.2) is 47.9 Å². The van der Waals surface area contributed by atoms with Gasteiger partial charge < -0.3 is 24.8 Å². The van der Waals surface area contributed by atoms with Gasteiger partial charge in [0.05, 0.1) is 13.2 Å². The molecule has 0 radical (unpaired) electrons. The van der Waals surface area contributed by atoms with E-state index in [0.29, 0.717) is 12.4 Å². The van der Waals surface area contributed by atoms with Gasteiger partial charge in [-0.05, 0) is 59.0 Å². The molecule has 0 fully saturated rings. The van der Waals surface area contributed by atoms with E-state index in [2.05, 4.69) is 19.1 Å². The Morgan fingerprint density at radius 1 is 0.697 bits per heavy atom. The lowest BCUT2D eigenvalue weighted by Crippen LogP contribution is -2.21. The second-order valence-corrected chi connectivity index (χ2v) is 8.16. The molecule has 0 spiro atoms. The molecule has 3 rings (SSSR count). The van der Waals surface area contributed by atoms with E-state index >= 15 is 0 Å². The van der Waals surface area contributed by atoms with Crippen LogP contribution in [0.25, 0.3) is 11.1 Å². The highest BCUT2D eigenvalue weighted by Crippen LogP contribution is 2.33. The molecule has 0 aliphatic heterocycles. The molecule has 0 aliphatic carbocycles. The molecule has 5 nitrogen and oxygen atoms in total. The van der Waals surface area contributed by atoms with Crippen LogP contribution in [0.4, 0.5) is 0 Å². The second-order valence-electron chi connectivity index (χ2n) is 8.16. The van der Waals surface area contributed by atoms with Crippen LogP contribution < -0.4 is 9.47 Å². The van der Waals surface area contributed by atoms with Crippen LogP contribution in [0.15, 0.2) is 78.9 Å². The summed E-state index contributed by atoms with van der Waals surface area (Å²) in [5, 5.41) is 27.7. The van der Waals surface area contributed by atoms with Crippen molar-refractivity contribution in [2.45, 2.75) is 20.0 Å². The Morgan fingerprint density at radius 2 is 1.21 bits per heavy atom. The Balaban J connectivity index is 1.91. The number of ether oxygens (including phenoxy) is 2. The van der Waals surface area contributed by atoms with Gasteiger partial charge in [0, 0.05) is 12.5 Å². The zero-order valence-electron chi connectivity index (χ0n) is 19.1. The van der Waals surface area contributed by atoms with Crippen molar-refractivity contribution in [1.82, 2.24) is 0 Å². The van der Waals surface area contributed by atoms with E-state index < -0.39 is 6.10 Å². The summed E-state index contributed by atoms with van der Waals surface area (Å²) >= 11 is 0. The van der Waals surface area contributed by atoms with E-state index in [0.717, 1.165) is 33.6 Å². The lowest BCUT2D eigenvalue weighted by molar-refractivity contribution is 0.0536. The highest BCUT2D eigenvalue weighted by atomic mass is 16.5. The van der Waals surface area contributed by atoms with Gasteiger partial charge in [-0.15, -0.1) is 0 Å². The number of rotatable bonds is 11. The fourth-order valence-corrected chi connectivity index (χ4v) is 3.40. The summed E-state index contributed by atoms with van der Waals surface area (Å²) in [6.45, 7) is 4.32. The molecule has 3 N–H and O–H groups in total. The lowest BCUT2D eigenvalue weighted by atomic mass is 9.90. The average molecular weight is 449 g/mol. The van der Waals surface area contributed by atoms with Crippen LogP contribution in [0.1, 0.15) is 30.5 Å². The monoisotopic (exact) mass is 448 g/mol. The topological polar surface area (TPSA) is 79.2 Å². The van der Waals surface area contributed by atoms with Gasteiger partial charge in [0.25, 0.3) is 0 Å². The minimum atomic E-state index is -0.901. The van der Waals surface area contributed by atoms with Crippen LogP contribution in [0.2, 0.25) is 0 Å². The molecule has 3 aromatic carbocycles. The molecule has 0 saturated heterocycles. The average Bonchev–Trinajstić information content (AvgIpc) is 2.87. The molecule has 5 heteroatoms. The normalized spacial score (nSPS) is 13.7. The third-order valence-corrected chi connectivity index (χ3v) is 5.37. The quantitative estimate of drug-likeness (QED) is 0.379. The summed E-state index contributed by atoms with van der Waals surface area (Å²) in [6.07, 6.45) is -0.901. The van der Waals surface area contributed by atoms with Crippen LogP contribution in [0.5, 0.6) is 11.5 Å². The summed E-state index contributed by atoms with van der Waals surface area (Å²) in [5.74, 6) is 1.48. The van der Waals surface area contributed by atoms with Gasteiger partial charge in [-0.2, -0.15) is 0 Å². The van der Waals surface area contributed by atoms with E-state index in [9.17, 15) is 10.2 Å². The maximum absolute atomic E-state index is 9.51. The largest absolute Gasteiger partial charge is 0.493 e. The summed E-state index contributed by atoms with van der Waals surface area (Å²) in [7, 11) is 0. The minimum absolute atomic E-state index is 0.0396. The fourth-order valence-electron chi connectivity index (χ4n) is 3.40. The standard InChI is InChI=1S/C28H32O5/c1-20(16-29)18-32-26-12-8-23(9-13-26)28(21(2)22-6-4-3-5-7-22)24-10-14-27(15-11-24)33-19-25(31)17-30/h3-15,20,25,29-31H,16-19H2,1-2H3/b28-21+. The van der Waals surface area contributed by atoms with Crippen molar-refractivity contribution >= 4 is 11.1 Å². The predicted octanol–water partition coefficient (Wildman–Crippen LogP) is 4.40. The van der Waals surface area contributed by atoms with Gasteiger partial charge >= 0.3 is 0 Å². The smallest absolute Gasteiger partial charge is 0.119 e. The first-order valence-electron chi connectivity index (χ1n) is 11.1. The number of allylic oxidation sites excluding steroid dienone is 1. The van der Waals surface area contributed by atoms with Gasteiger partial charge in [-0.25, -0.2) is 0 Å². The van der Waals surface area contributed by atoms with Crippen LogP contribution in [0, 0.1) is 5.92 Å². The first kappa shape index (κ1) is 24.5. The Bertz CT molecular complexity index is 951. The number of hydrogen-bond acceptors (Lipinski definition) is 5. The van der Waals surface area contributed by atoms with E-state index in [-0.39, 0.29) is 25.7 Å². The molecule has 0 bridgehead atoms. The van der Waals surface area contributed by atoms with Gasteiger partial charge in [-0.3, -0.25) is 0 Å². The molecule has 3 aromatic rings. The van der Waals surface area contributed by atoms with Gasteiger partial charge in [0.15, 0.2) is 0 Å². The van der Waals surface area contributed by atoms with E-state index in [1.807, 2.05) is 73.7 Å². The molecule has 2 atom stereocenters. The molecule has 33 heavy (non-hydrogen) atoms. The molecule has 0 aromatic heterocycles. The van der Waals surface area contributed by atoms with Crippen LogP contribution in [-0.2, 0) is 0 Å². The molecular formula is C28H32O5. The van der Waals surface area contributed by atoms with E-state index in [1.165, 1.54) is 0 Å². The number of aliphatic hydroxyl groups is 3. The van der Waals surface area contributed by atoms with Gasteiger partial charge in [0.1, 0.15) is 24.2 Å². The van der Waals surface area contributed by atoms with Gasteiger partial charge in [-0.1, -0.05) is 61.5 Å². The Kier molecular flexibility index (Phi) is 9.07. The molecular weight excluding hydrogens is 416 g/mol. The maximum atomic E-state index is 9.51. The van der Waals surface area contributed by atoms with Crippen molar-refractivity contribution in [1.29, 1.82) is 0 Å². The minimum Gasteiger partial charge on any atom is -0.493 e. The van der Waals surface area contributed by atoms with Crippen molar-refractivity contribution in [3.8, 4) is 11.5 Å². The van der Waals surface area contributed by atoms with E-state index in [4.69, 9.17) is 14.6 Å². The fraction of sp³-hybridized carbons (Fsp3) is 0.286. The Morgan fingerprint density at radius 3 is 1.70 bits per heavy atom. The first-order valence-corrected chi connectivity index (χ1v) is 11.1. The van der Waals surface area contributed by atoms with Crippen LogP contribution >= 0.6 is 0 Å². The Labute approximate surface area is 195 Å². The van der Waals surface area contributed by atoms with Crippen molar-refractivity contribution in [3.05, 3.63) is 95.6 Å². The molecule has 0 amide bonds. The molecule has 0 heterocycles. The zero-order chi connectivity index (χ0) is 23.6. The highest BCUT2D eigenvalue weighted by Gasteiger charge is 2.12. The first-order chi connectivity index (χ1) is 16.0. The maximum Gasteiger partial charge on any atom is 0.119 e. The SMILES string of the molecule is C/C(=C(/c1ccc(OCC(C)CO)cc1)c1ccc(OCC(O)CO)cc1)c1ccccc1. The highest BCUT2D eigenvalue weighted by molar-refractivity contribution is 5.97. The third kappa shape index (κ3) is 6.93. The Hall–Kier alpha value is -3.12. The lowest BCUT2D eigenvalue weighted by Gasteiger charge is -2.16. The predicted molar refractivity (Wildman–Crippen MR) is 131 cm³/mol. The second kappa shape index (κ2) is 12.2. The van der Waals surface area contributed by atoms with Gasteiger partial charge in [0.2, 0.25) is 0 Å². The van der Waals surface area contributed by atoms with E-state index in [1.54, 1.807) is 0 Å². The molecule has 0 aliphatic rings. The summed E-state index contributed by atoms with van der Waals surface area (Å²) < 4.78 is 11.3. The molecule has 2 unspecified atom stereocenters. The summed E-state index contributed by atoms with van der Waals surface area (Å²) in [4.78, 5) is 0. The summed E-state index contributed by atoms with van der Waals surface area (Å²) in [6, 6.07) is 26.0. The molecule has 0 saturated carbocycles. The van der Waals surface area contributed by atoms with Crippen molar-refractivity contribution in [3.63, 3.8) is 0 Å².